The van der Waals surface area contributed by atoms with Crippen LogP contribution in [0.1, 0.15) is 41.4 Å². The van der Waals surface area contributed by atoms with Gasteiger partial charge in [0.15, 0.2) is 6.61 Å². The van der Waals surface area contributed by atoms with Gasteiger partial charge in [0.05, 0.1) is 13.5 Å². The number of ether oxygens (including phenoxy) is 2. The molecule has 1 amide bonds. The first-order valence-corrected chi connectivity index (χ1v) is 9.37. The summed E-state index contributed by atoms with van der Waals surface area (Å²) in [7, 11) is 1.30. The molecule has 2 rings (SSSR count). The third kappa shape index (κ3) is 7.50. The standard InChI is InChI=1S/C20H23F3N4O4/c1-11(2)15(28)8-16-25-12(3)7-14(26-16)18(29)24-9-13-5-6-17(27-19(13)30-4)31-10-20(21,22)23/h5-7,11H,8-10H2,1-4H3,(H,24,29). The molecule has 0 spiro atoms. The van der Waals surface area contributed by atoms with Gasteiger partial charge in [0.25, 0.3) is 5.91 Å². The van der Waals surface area contributed by atoms with Crippen LogP contribution in [-0.2, 0) is 17.8 Å². The third-order valence-corrected chi connectivity index (χ3v) is 4.04. The van der Waals surface area contributed by atoms with Crippen LogP contribution in [0.5, 0.6) is 11.8 Å². The van der Waals surface area contributed by atoms with E-state index in [0.717, 1.165) is 0 Å². The van der Waals surface area contributed by atoms with Gasteiger partial charge in [-0.15, -0.1) is 0 Å². The summed E-state index contributed by atoms with van der Waals surface area (Å²) in [6.45, 7) is 3.74. The van der Waals surface area contributed by atoms with Gasteiger partial charge in [0, 0.05) is 29.8 Å². The first-order chi connectivity index (χ1) is 14.5. The zero-order valence-corrected chi connectivity index (χ0v) is 17.5. The summed E-state index contributed by atoms with van der Waals surface area (Å²) in [6, 6.07) is 4.18. The molecule has 0 aliphatic rings. The molecule has 2 heterocycles. The molecule has 0 fully saturated rings. The smallest absolute Gasteiger partial charge is 0.422 e. The highest BCUT2D eigenvalue weighted by Crippen LogP contribution is 2.22. The number of halogens is 3. The summed E-state index contributed by atoms with van der Waals surface area (Å²) < 4.78 is 46.5. The lowest BCUT2D eigenvalue weighted by Crippen LogP contribution is -2.25. The number of methoxy groups -OCH3 is 1. The van der Waals surface area contributed by atoms with Crippen molar-refractivity contribution in [3.63, 3.8) is 0 Å². The summed E-state index contributed by atoms with van der Waals surface area (Å²) in [5.74, 6) is -0.709. The molecule has 0 aliphatic heterocycles. The van der Waals surface area contributed by atoms with Gasteiger partial charge in [-0.05, 0) is 19.1 Å². The third-order valence-electron chi connectivity index (χ3n) is 4.04. The van der Waals surface area contributed by atoms with E-state index in [0.29, 0.717) is 11.3 Å². The molecule has 31 heavy (non-hydrogen) atoms. The highest BCUT2D eigenvalue weighted by atomic mass is 19.4. The number of nitrogens with zero attached hydrogens (tertiary/aromatic N) is 3. The van der Waals surface area contributed by atoms with Gasteiger partial charge in [0.2, 0.25) is 11.8 Å². The van der Waals surface area contributed by atoms with Gasteiger partial charge >= 0.3 is 6.18 Å². The fourth-order valence-corrected chi connectivity index (χ4v) is 2.45. The van der Waals surface area contributed by atoms with E-state index in [1.807, 2.05) is 0 Å². The average molecular weight is 440 g/mol. The van der Waals surface area contributed by atoms with Crippen molar-refractivity contribution >= 4 is 11.7 Å². The normalized spacial score (nSPS) is 11.4. The largest absolute Gasteiger partial charge is 0.481 e. The van der Waals surface area contributed by atoms with Crippen molar-refractivity contribution in [3.8, 4) is 11.8 Å². The molecule has 0 atom stereocenters. The van der Waals surface area contributed by atoms with Crippen LogP contribution < -0.4 is 14.8 Å². The predicted octanol–water partition coefficient (Wildman–Crippen LogP) is 2.83. The van der Waals surface area contributed by atoms with E-state index in [1.165, 1.54) is 25.3 Å². The van der Waals surface area contributed by atoms with E-state index in [9.17, 15) is 22.8 Å². The van der Waals surface area contributed by atoms with E-state index < -0.39 is 18.7 Å². The molecule has 0 aromatic carbocycles. The zero-order valence-electron chi connectivity index (χ0n) is 17.5. The summed E-state index contributed by atoms with van der Waals surface area (Å²) in [5.41, 5.74) is 1.06. The number of carbonyl (C=O) groups excluding carboxylic acids is 2. The number of aryl methyl sites for hydroxylation is 1. The first kappa shape index (κ1) is 24.0. The average Bonchev–Trinajstić information content (AvgIpc) is 2.69. The molecule has 8 nitrogen and oxygen atoms in total. The lowest BCUT2D eigenvalue weighted by Gasteiger charge is -2.12. The van der Waals surface area contributed by atoms with Gasteiger partial charge in [0.1, 0.15) is 17.3 Å². The summed E-state index contributed by atoms with van der Waals surface area (Å²) >= 11 is 0. The maximum Gasteiger partial charge on any atom is 0.422 e. The zero-order chi connectivity index (χ0) is 23.2. The number of hydrogen-bond acceptors (Lipinski definition) is 7. The Morgan fingerprint density at radius 1 is 1.16 bits per heavy atom. The maximum atomic E-state index is 12.5. The Morgan fingerprint density at radius 3 is 2.48 bits per heavy atom. The number of nitrogens with one attached hydrogen (secondary N) is 1. The van der Waals surface area contributed by atoms with Crippen molar-refractivity contribution in [2.45, 2.75) is 39.9 Å². The molecule has 168 valence electrons. The van der Waals surface area contributed by atoms with Crippen LogP contribution in [-0.4, -0.2) is 46.5 Å². The van der Waals surface area contributed by atoms with E-state index in [4.69, 9.17) is 4.74 Å². The number of hydrogen-bond donors (Lipinski definition) is 1. The van der Waals surface area contributed by atoms with Crippen LogP contribution in [0.2, 0.25) is 0 Å². The minimum atomic E-state index is -4.49. The lowest BCUT2D eigenvalue weighted by molar-refractivity contribution is -0.154. The van der Waals surface area contributed by atoms with Crippen LogP contribution in [0.3, 0.4) is 0 Å². The molecule has 0 unspecified atom stereocenters. The number of pyridine rings is 1. The topological polar surface area (TPSA) is 103 Å². The molecule has 0 saturated carbocycles. The Kier molecular flexibility index (Phi) is 7.89. The fraction of sp³-hybridized carbons (Fsp3) is 0.450. The van der Waals surface area contributed by atoms with Gasteiger partial charge in [-0.25, -0.2) is 9.97 Å². The summed E-state index contributed by atoms with van der Waals surface area (Å²) in [4.78, 5) is 36.7. The summed E-state index contributed by atoms with van der Waals surface area (Å²) in [5, 5.41) is 2.64. The molecule has 0 radical (unpaired) electrons. The minimum absolute atomic E-state index is 0.0158. The number of alkyl halides is 3. The molecule has 1 N–H and O–H groups in total. The quantitative estimate of drug-likeness (QED) is 0.640. The Morgan fingerprint density at radius 2 is 1.87 bits per heavy atom. The SMILES string of the molecule is COc1nc(OCC(F)(F)F)ccc1CNC(=O)c1cc(C)nc(CC(=O)C(C)C)n1. The molecule has 0 bridgehead atoms. The van der Waals surface area contributed by atoms with Crippen LogP contribution in [0.15, 0.2) is 18.2 Å². The van der Waals surface area contributed by atoms with Crippen LogP contribution in [0.25, 0.3) is 0 Å². The van der Waals surface area contributed by atoms with Crippen LogP contribution in [0.4, 0.5) is 13.2 Å². The van der Waals surface area contributed by atoms with E-state index in [2.05, 4.69) is 25.0 Å². The van der Waals surface area contributed by atoms with Crippen molar-refractivity contribution in [3.05, 3.63) is 41.0 Å². The highest BCUT2D eigenvalue weighted by Gasteiger charge is 2.28. The van der Waals surface area contributed by atoms with Crippen molar-refractivity contribution in [1.82, 2.24) is 20.3 Å². The number of amides is 1. The van der Waals surface area contributed by atoms with Crippen LogP contribution >= 0.6 is 0 Å². The second-order valence-electron chi connectivity index (χ2n) is 7.01. The Hall–Kier alpha value is -3.24. The second kappa shape index (κ2) is 10.2. The van der Waals surface area contributed by atoms with Gasteiger partial charge in [-0.2, -0.15) is 18.2 Å². The number of rotatable bonds is 9. The second-order valence-corrected chi connectivity index (χ2v) is 7.01. The fourth-order valence-electron chi connectivity index (χ4n) is 2.45. The van der Waals surface area contributed by atoms with Crippen molar-refractivity contribution in [2.24, 2.45) is 5.92 Å². The highest BCUT2D eigenvalue weighted by molar-refractivity contribution is 5.92. The predicted molar refractivity (Wildman–Crippen MR) is 104 cm³/mol. The molecule has 2 aromatic heterocycles. The minimum Gasteiger partial charge on any atom is -0.481 e. The van der Waals surface area contributed by atoms with E-state index in [1.54, 1.807) is 20.8 Å². The number of Topliss-reactive ketones (excluding diaryl/α,β-unsaturated/α-hetero) is 1. The maximum absolute atomic E-state index is 12.5. The lowest BCUT2D eigenvalue weighted by atomic mass is 10.1. The number of ketones is 1. The van der Waals surface area contributed by atoms with Crippen molar-refractivity contribution < 1.29 is 32.2 Å². The first-order valence-electron chi connectivity index (χ1n) is 9.37. The van der Waals surface area contributed by atoms with E-state index >= 15 is 0 Å². The monoisotopic (exact) mass is 440 g/mol. The molecule has 0 saturated heterocycles. The van der Waals surface area contributed by atoms with Crippen molar-refractivity contribution in [2.75, 3.05) is 13.7 Å². The van der Waals surface area contributed by atoms with Gasteiger partial charge in [-0.3, -0.25) is 9.59 Å². The van der Waals surface area contributed by atoms with Crippen molar-refractivity contribution in [1.29, 1.82) is 0 Å². The van der Waals surface area contributed by atoms with Gasteiger partial charge < -0.3 is 14.8 Å². The number of carbonyl (C=O) groups is 2. The van der Waals surface area contributed by atoms with Gasteiger partial charge in [-0.1, -0.05) is 13.8 Å². The summed E-state index contributed by atoms with van der Waals surface area (Å²) in [6.07, 6.45) is -4.47. The molecule has 2 aromatic rings. The molecule has 0 aliphatic carbocycles. The Bertz CT molecular complexity index is 949. The molecular weight excluding hydrogens is 417 g/mol. The molecule has 11 heteroatoms. The van der Waals surface area contributed by atoms with E-state index in [-0.39, 0.29) is 47.9 Å². The Balaban J connectivity index is 2.08. The van der Waals surface area contributed by atoms with Crippen LogP contribution in [0, 0.1) is 12.8 Å². The Labute approximate surface area is 177 Å². The molecular formula is C20H23F3N4O4. The number of aromatic nitrogens is 3.